The first-order chi connectivity index (χ1) is 15.8. The molecule has 0 aliphatic rings. The van der Waals surface area contributed by atoms with Crippen LogP contribution in [0, 0.1) is 25.2 Å². The van der Waals surface area contributed by atoms with E-state index < -0.39 is 24.5 Å². The average molecular weight is 454 g/mol. The number of carbonyl (C=O) groups excluding carboxylic acids is 3. The number of amides is 3. The number of benzene rings is 1. The lowest BCUT2D eigenvalue weighted by Gasteiger charge is -2.08. The summed E-state index contributed by atoms with van der Waals surface area (Å²) in [5.74, 6) is -1.20. The molecule has 174 valence electrons. The smallest absolute Gasteiger partial charge is 0.349 e. The van der Waals surface area contributed by atoms with Gasteiger partial charge < -0.3 is 24.1 Å². The zero-order valence-electron chi connectivity index (χ0n) is 18.9. The summed E-state index contributed by atoms with van der Waals surface area (Å²) in [5, 5.41) is 13.9. The molecule has 0 radical (unpaired) electrons. The van der Waals surface area contributed by atoms with E-state index in [-0.39, 0.29) is 5.57 Å². The molecule has 0 aliphatic carbocycles. The van der Waals surface area contributed by atoms with Gasteiger partial charge in [0, 0.05) is 30.7 Å². The molecule has 2 aromatic rings. The molecule has 0 bridgehead atoms. The Hall–Kier alpha value is -4.10. The van der Waals surface area contributed by atoms with Crippen molar-refractivity contribution in [2.24, 2.45) is 0 Å². The van der Waals surface area contributed by atoms with Crippen molar-refractivity contribution < 1.29 is 28.6 Å². The minimum Gasteiger partial charge on any atom is -0.497 e. The van der Waals surface area contributed by atoms with Crippen LogP contribution in [0.15, 0.2) is 35.9 Å². The van der Waals surface area contributed by atoms with E-state index in [1.807, 2.05) is 29.8 Å². The first-order valence-corrected chi connectivity index (χ1v) is 9.98. The second-order valence-corrected chi connectivity index (χ2v) is 6.95. The first-order valence-electron chi connectivity index (χ1n) is 9.98. The number of hydrogen-bond acceptors (Lipinski definition) is 7. The fourth-order valence-corrected chi connectivity index (χ4v) is 3.00. The third-order valence-electron chi connectivity index (χ3n) is 4.71. The lowest BCUT2D eigenvalue weighted by Crippen LogP contribution is -2.37. The van der Waals surface area contributed by atoms with Crippen LogP contribution < -0.4 is 15.4 Å². The van der Waals surface area contributed by atoms with E-state index in [9.17, 15) is 19.6 Å². The van der Waals surface area contributed by atoms with Gasteiger partial charge in [0.2, 0.25) is 0 Å². The van der Waals surface area contributed by atoms with E-state index in [0.29, 0.717) is 30.2 Å². The molecule has 1 aromatic carbocycles. The Bertz CT molecular complexity index is 1080. The minimum absolute atomic E-state index is 0.266. The summed E-state index contributed by atoms with van der Waals surface area (Å²) < 4.78 is 17.0. The molecule has 0 saturated heterocycles. The van der Waals surface area contributed by atoms with Crippen LogP contribution in [0.4, 0.5) is 10.5 Å². The van der Waals surface area contributed by atoms with Gasteiger partial charge in [0.15, 0.2) is 6.61 Å². The highest BCUT2D eigenvalue weighted by atomic mass is 16.5. The molecule has 0 atom stereocenters. The SMILES string of the molecule is COCCn1c(C)cc(/C=C(/C#N)C(=O)OCC(=O)NC(=O)Nc2ccc(OC)cc2)c1C. The first kappa shape index (κ1) is 25.2. The van der Waals surface area contributed by atoms with Gasteiger partial charge in [0.25, 0.3) is 5.91 Å². The van der Waals surface area contributed by atoms with Crippen molar-refractivity contribution in [3.8, 4) is 11.8 Å². The lowest BCUT2D eigenvalue weighted by atomic mass is 10.1. The summed E-state index contributed by atoms with van der Waals surface area (Å²) in [6.07, 6.45) is 1.41. The van der Waals surface area contributed by atoms with Gasteiger partial charge in [-0.15, -0.1) is 0 Å². The second-order valence-electron chi connectivity index (χ2n) is 6.95. The Morgan fingerprint density at radius 2 is 1.85 bits per heavy atom. The fraction of sp³-hybridized carbons (Fsp3) is 0.304. The maximum atomic E-state index is 12.3. The minimum atomic E-state index is -0.968. The van der Waals surface area contributed by atoms with Crippen molar-refractivity contribution >= 4 is 29.7 Å². The summed E-state index contributed by atoms with van der Waals surface area (Å²) in [5.41, 5.74) is 2.66. The Morgan fingerprint density at radius 1 is 1.15 bits per heavy atom. The number of methoxy groups -OCH3 is 2. The van der Waals surface area contributed by atoms with Crippen LogP contribution in [0.3, 0.4) is 0 Å². The Labute approximate surface area is 191 Å². The molecule has 0 saturated carbocycles. The van der Waals surface area contributed by atoms with Crippen LogP contribution in [-0.4, -0.2) is 49.9 Å². The van der Waals surface area contributed by atoms with Crippen molar-refractivity contribution in [2.75, 3.05) is 32.8 Å². The Kier molecular flexibility index (Phi) is 9.20. The van der Waals surface area contributed by atoms with Gasteiger partial charge >= 0.3 is 12.0 Å². The standard InChI is InChI=1S/C23H26N4O6/c1-15-11-17(16(2)27(15)9-10-31-3)12-18(13-24)22(29)33-14-21(28)26-23(30)25-19-5-7-20(32-4)8-6-19/h5-8,11-12H,9-10,14H2,1-4H3,(H2,25,26,28,30)/b18-12-. The number of urea groups is 1. The van der Waals surface area contributed by atoms with Crippen molar-refractivity contribution in [3.05, 3.63) is 52.9 Å². The summed E-state index contributed by atoms with van der Waals surface area (Å²) in [4.78, 5) is 36.1. The number of aryl methyl sites for hydroxylation is 1. The zero-order chi connectivity index (χ0) is 24.4. The van der Waals surface area contributed by atoms with E-state index in [0.717, 1.165) is 11.4 Å². The predicted octanol–water partition coefficient (Wildman–Crippen LogP) is 2.56. The monoisotopic (exact) mass is 454 g/mol. The number of hydrogen-bond donors (Lipinski definition) is 2. The van der Waals surface area contributed by atoms with Gasteiger partial charge in [-0.25, -0.2) is 9.59 Å². The third-order valence-corrected chi connectivity index (χ3v) is 4.71. The van der Waals surface area contributed by atoms with Crippen LogP contribution in [-0.2, 0) is 25.6 Å². The normalized spacial score (nSPS) is 10.8. The fourth-order valence-electron chi connectivity index (χ4n) is 3.00. The summed E-state index contributed by atoms with van der Waals surface area (Å²) >= 11 is 0. The number of nitrogens with zero attached hydrogens (tertiary/aromatic N) is 2. The molecule has 2 N–H and O–H groups in total. The van der Waals surface area contributed by atoms with Gasteiger partial charge in [-0.05, 0) is 55.8 Å². The number of rotatable bonds is 9. The third kappa shape index (κ3) is 7.22. The van der Waals surface area contributed by atoms with Gasteiger partial charge in [-0.2, -0.15) is 5.26 Å². The zero-order valence-corrected chi connectivity index (χ0v) is 18.9. The molecule has 33 heavy (non-hydrogen) atoms. The van der Waals surface area contributed by atoms with Gasteiger partial charge in [0.1, 0.15) is 17.4 Å². The summed E-state index contributed by atoms with van der Waals surface area (Å²) in [6, 6.07) is 9.31. The highest BCUT2D eigenvalue weighted by Crippen LogP contribution is 2.19. The molecule has 3 amide bonds. The molecule has 1 heterocycles. The lowest BCUT2D eigenvalue weighted by molar-refractivity contribution is -0.144. The van der Waals surface area contributed by atoms with Crippen LogP contribution in [0.5, 0.6) is 5.75 Å². The van der Waals surface area contributed by atoms with Gasteiger partial charge in [-0.1, -0.05) is 0 Å². The Morgan fingerprint density at radius 3 is 2.45 bits per heavy atom. The molecular weight excluding hydrogens is 428 g/mol. The van der Waals surface area contributed by atoms with E-state index in [4.69, 9.17) is 14.2 Å². The summed E-state index contributed by atoms with van der Waals surface area (Å²) in [7, 11) is 3.13. The van der Waals surface area contributed by atoms with Crippen molar-refractivity contribution in [1.29, 1.82) is 5.26 Å². The average Bonchev–Trinajstić information content (AvgIpc) is 3.06. The number of anilines is 1. The van der Waals surface area contributed by atoms with Crippen LogP contribution in [0.25, 0.3) is 6.08 Å². The molecule has 0 spiro atoms. The van der Waals surface area contributed by atoms with Crippen LogP contribution in [0.1, 0.15) is 17.0 Å². The van der Waals surface area contributed by atoms with Crippen LogP contribution in [0.2, 0.25) is 0 Å². The molecule has 10 heteroatoms. The van der Waals surface area contributed by atoms with E-state index in [1.165, 1.54) is 13.2 Å². The van der Waals surface area contributed by atoms with Crippen molar-refractivity contribution in [2.45, 2.75) is 20.4 Å². The highest BCUT2D eigenvalue weighted by Gasteiger charge is 2.16. The van der Waals surface area contributed by atoms with Gasteiger partial charge in [0.05, 0.1) is 13.7 Å². The van der Waals surface area contributed by atoms with Crippen molar-refractivity contribution in [1.82, 2.24) is 9.88 Å². The maximum absolute atomic E-state index is 12.3. The van der Waals surface area contributed by atoms with Crippen molar-refractivity contribution in [3.63, 3.8) is 0 Å². The number of ether oxygens (including phenoxy) is 3. The second kappa shape index (κ2) is 12.1. The molecule has 2 rings (SSSR count). The number of imide groups is 1. The molecule has 10 nitrogen and oxygen atoms in total. The van der Waals surface area contributed by atoms with Crippen LogP contribution >= 0.6 is 0 Å². The van der Waals surface area contributed by atoms with E-state index in [1.54, 1.807) is 37.4 Å². The quantitative estimate of drug-likeness (QED) is 0.338. The number of aromatic nitrogens is 1. The predicted molar refractivity (Wildman–Crippen MR) is 120 cm³/mol. The topological polar surface area (TPSA) is 132 Å². The number of nitriles is 1. The van der Waals surface area contributed by atoms with E-state index in [2.05, 4.69) is 5.32 Å². The molecule has 1 aromatic heterocycles. The molecule has 0 aliphatic heterocycles. The molecule has 0 fully saturated rings. The van der Waals surface area contributed by atoms with Gasteiger partial charge in [-0.3, -0.25) is 10.1 Å². The van der Waals surface area contributed by atoms with E-state index >= 15 is 0 Å². The number of esters is 1. The number of nitrogens with one attached hydrogen (secondary N) is 2. The molecule has 0 unspecified atom stereocenters. The maximum Gasteiger partial charge on any atom is 0.349 e. The number of carbonyl (C=O) groups is 3. The largest absolute Gasteiger partial charge is 0.497 e. The molecular formula is C23H26N4O6. The Balaban J connectivity index is 1.93. The highest BCUT2D eigenvalue weighted by molar-refractivity contribution is 6.03. The summed E-state index contributed by atoms with van der Waals surface area (Å²) in [6.45, 7) is 4.21.